The van der Waals surface area contributed by atoms with Crippen LogP contribution < -0.4 is 15.6 Å². The highest BCUT2D eigenvalue weighted by atomic mass is 16.5. The number of hydrogen-bond donors (Lipinski definition) is 2. The SMILES string of the molecule is CNC(=O)c1ccc(O[C@H]2CN(Cc3cnc4cc(C5CC5)c(=O)[nH]c4c3)[C@@H]2C)cn1. The van der Waals surface area contributed by atoms with Crippen LogP contribution in [-0.4, -0.2) is 51.5 Å². The molecular formula is C23H25N5O3. The fourth-order valence-corrected chi connectivity index (χ4v) is 4.04. The average molecular weight is 419 g/mol. The lowest BCUT2D eigenvalue weighted by Crippen LogP contribution is -2.60. The standard InChI is InChI=1S/C23H25N5O3/c1-13-21(31-16-5-6-18(26-10-16)23(30)24-2)12-28(13)11-14-7-20-19(25-9-14)8-17(15-3-4-15)22(29)27-20/h5-10,13,15,21H,3-4,11-12H2,1-2H3,(H,24,30)(H,27,29)/t13-,21+/m1/s1. The molecule has 0 bridgehead atoms. The fourth-order valence-electron chi connectivity index (χ4n) is 4.04. The van der Waals surface area contributed by atoms with Crippen molar-refractivity contribution < 1.29 is 9.53 Å². The van der Waals surface area contributed by atoms with Crippen LogP contribution in [0.25, 0.3) is 11.0 Å². The lowest BCUT2D eigenvalue weighted by molar-refractivity contribution is -0.0415. The summed E-state index contributed by atoms with van der Waals surface area (Å²) in [5.41, 5.74) is 3.93. The molecule has 0 radical (unpaired) electrons. The van der Waals surface area contributed by atoms with Gasteiger partial charge < -0.3 is 15.0 Å². The molecule has 2 aliphatic rings. The van der Waals surface area contributed by atoms with E-state index in [0.717, 1.165) is 48.1 Å². The second-order valence-corrected chi connectivity index (χ2v) is 8.39. The molecule has 8 nitrogen and oxygen atoms in total. The number of H-pyrrole nitrogens is 1. The smallest absolute Gasteiger partial charge is 0.269 e. The van der Waals surface area contributed by atoms with Crippen LogP contribution in [0.2, 0.25) is 0 Å². The number of fused-ring (bicyclic) bond motifs is 1. The molecule has 8 heteroatoms. The quantitative estimate of drug-likeness (QED) is 0.635. The minimum absolute atomic E-state index is 0.00998. The molecular weight excluding hydrogens is 394 g/mol. The van der Waals surface area contributed by atoms with Gasteiger partial charge in [-0.15, -0.1) is 0 Å². The minimum atomic E-state index is -0.219. The Balaban J connectivity index is 1.21. The molecule has 1 aliphatic heterocycles. The second-order valence-electron chi connectivity index (χ2n) is 8.39. The topological polar surface area (TPSA) is 100 Å². The minimum Gasteiger partial charge on any atom is -0.486 e. The number of aromatic amines is 1. The van der Waals surface area contributed by atoms with Gasteiger partial charge >= 0.3 is 0 Å². The van der Waals surface area contributed by atoms with Crippen molar-refractivity contribution in [2.45, 2.75) is 44.4 Å². The third-order valence-electron chi connectivity index (χ3n) is 6.19. The van der Waals surface area contributed by atoms with E-state index in [0.29, 0.717) is 17.4 Å². The summed E-state index contributed by atoms with van der Waals surface area (Å²) in [6.45, 7) is 3.65. The van der Waals surface area contributed by atoms with Gasteiger partial charge in [-0.2, -0.15) is 0 Å². The number of aromatic nitrogens is 3. The highest BCUT2D eigenvalue weighted by molar-refractivity contribution is 5.92. The summed E-state index contributed by atoms with van der Waals surface area (Å²) >= 11 is 0. The Bertz CT molecular complexity index is 1190. The number of pyridine rings is 3. The molecule has 5 rings (SSSR count). The molecule has 3 aromatic rings. The maximum Gasteiger partial charge on any atom is 0.269 e. The summed E-state index contributed by atoms with van der Waals surface area (Å²) < 4.78 is 6.03. The normalized spacial score (nSPS) is 21.0. The molecule has 160 valence electrons. The highest BCUT2D eigenvalue weighted by Gasteiger charge is 2.37. The number of nitrogens with zero attached hydrogens (tertiary/aromatic N) is 3. The lowest BCUT2D eigenvalue weighted by Gasteiger charge is -2.45. The Hall–Kier alpha value is -3.26. The molecule has 1 saturated heterocycles. The van der Waals surface area contributed by atoms with Crippen LogP contribution in [0.5, 0.6) is 5.75 Å². The van der Waals surface area contributed by atoms with E-state index in [4.69, 9.17) is 4.74 Å². The Morgan fingerprint density at radius 3 is 2.77 bits per heavy atom. The zero-order chi connectivity index (χ0) is 21.5. The molecule has 3 aromatic heterocycles. The third-order valence-corrected chi connectivity index (χ3v) is 6.19. The van der Waals surface area contributed by atoms with Crippen molar-refractivity contribution in [3.63, 3.8) is 0 Å². The van der Waals surface area contributed by atoms with Crippen LogP contribution in [0.3, 0.4) is 0 Å². The van der Waals surface area contributed by atoms with E-state index in [1.165, 1.54) is 0 Å². The summed E-state index contributed by atoms with van der Waals surface area (Å²) in [6.07, 6.45) is 5.72. The van der Waals surface area contributed by atoms with Gasteiger partial charge in [0, 0.05) is 37.9 Å². The molecule has 2 atom stereocenters. The predicted molar refractivity (Wildman–Crippen MR) is 116 cm³/mol. The first-order valence-corrected chi connectivity index (χ1v) is 10.6. The number of hydrogen-bond acceptors (Lipinski definition) is 6. The first-order chi connectivity index (χ1) is 15.0. The molecule has 4 heterocycles. The van der Waals surface area contributed by atoms with E-state index in [9.17, 15) is 9.59 Å². The van der Waals surface area contributed by atoms with Crippen LogP contribution in [-0.2, 0) is 6.54 Å². The maximum absolute atomic E-state index is 12.3. The van der Waals surface area contributed by atoms with E-state index in [-0.39, 0.29) is 23.6 Å². The summed E-state index contributed by atoms with van der Waals surface area (Å²) in [4.78, 5) is 37.9. The van der Waals surface area contributed by atoms with Gasteiger partial charge in [-0.25, -0.2) is 4.98 Å². The first kappa shape index (κ1) is 19.7. The van der Waals surface area contributed by atoms with Crippen molar-refractivity contribution in [3.8, 4) is 5.75 Å². The summed E-state index contributed by atoms with van der Waals surface area (Å²) in [6, 6.07) is 7.61. The van der Waals surface area contributed by atoms with Gasteiger partial charge in [0.05, 0.1) is 17.2 Å². The van der Waals surface area contributed by atoms with Crippen molar-refractivity contribution in [1.82, 2.24) is 25.2 Å². The van der Waals surface area contributed by atoms with Gasteiger partial charge in [-0.3, -0.25) is 19.5 Å². The Kier molecular flexibility index (Phi) is 4.94. The Morgan fingerprint density at radius 2 is 2.10 bits per heavy atom. The van der Waals surface area contributed by atoms with Gasteiger partial charge in [0.1, 0.15) is 17.5 Å². The molecule has 1 aliphatic carbocycles. The zero-order valence-corrected chi connectivity index (χ0v) is 17.6. The monoisotopic (exact) mass is 419 g/mol. The first-order valence-electron chi connectivity index (χ1n) is 10.6. The Morgan fingerprint density at radius 1 is 1.26 bits per heavy atom. The molecule has 0 unspecified atom stereocenters. The average Bonchev–Trinajstić information content (AvgIpc) is 3.62. The van der Waals surface area contributed by atoms with E-state index < -0.39 is 0 Å². The zero-order valence-electron chi connectivity index (χ0n) is 17.6. The van der Waals surface area contributed by atoms with Crippen LogP contribution in [0.4, 0.5) is 0 Å². The van der Waals surface area contributed by atoms with Gasteiger partial charge in [0.15, 0.2) is 0 Å². The number of nitrogens with one attached hydrogen (secondary N) is 2. The predicted octanol–water partition coefficient (Wildman–Crippen LogP) is 2.21. The van der Waals surface area contributed by atoms with Crippen molar-refractivity contribution in [1.29, 1.82) is 0 Å². The largest absolute Gasteiger partial charge is 0.486 e. The van der Waals surface area contributed by atoms with Crippen molar-refractivity contribution in [3.05, 3.63) is 63.8 Å². The summed E-state index contributed by atoms with van der Waals surface area (Å²) in [7, 11) is 1.58. The molecule has 31 heavy (non-hydrogen) atoms. The highest BCUT2D eigenvalue weighted by Crippen LogP contribution is 2.38. The number of amides is 1. The number of ether oxygens (including phenoxy) is 1. The molecule has 0 spiro atoms. The Labute approximate surface area is 179 Å². The number of carbonyl (C=O) groups is 1. The molecule has 1 amide bonds. The van der Waals surface area contributed by atoms with E-state index in [2.05, 4.69) is 32.1 Å². The third kappa shape index (κ3) is 3.90. The van der Waals surface area contributed by atoms with E-state index in [1.54, 1.807) is 25.4 Å². The van der Waals surface area contributed by atoms with Crippen LogP contribution in [0, 0.1) is 0 Å². The van der Waals surface area contributed by atoms with Gasteiger partial charge in [-0.05, 0) is 55.5 Å². The lowest BCUT2D eigenvalue weighted by atomic mass is 10.00. The van der Waals surface area contributed by atoms with Crippen molar-refractivity contribution in [2.24, 2.45) is 0 Å². The molecule has 0 aromatic carbocycles. The number of carbonyl (C=O) groups excluding carboxylic acids is 1. The molecule has 1 saturated carbocycles. The van der Waals surface area contributed by atoms with E-state index in [1.807, 2.05) is 18.3 Å². The number of rotatable bonds is 6. The van der Waals surface area contributed by atoms with Crippen LogP contribution >= 0.6 is 0 Å². The molecule has 2 fully saturated rings. The van der Waals surface area contributed by atoms with Gasteiger partial charge in [0.2, 0.25) is 0 Å². The summed E-state index contributed by atoms with van der Waals surface area (Å²) in [5, 5.41) is 2.55. The maximum atomic E-state index is 12.3. The van der Waals surface area contributed by atoms with E-state index >= 15 is 0 Å². The van der Waals surface area contributed by atoms with Crippen molar-refractivity contribution >= 4 is 16.9 Å². The van der Waals surface area contributed by atoms with Gasteiger partial charge in [-0.1, -0.05) is 0 Å². The fraction of sp³-hybridized carbons (Fsp3) is 0.391. The summed E-state index contributed by atoms with van der Waals surface area (Å²) in [5.74, 6) is 0.841. The van der Waals surface area contributed by atoms with Crippen LogP contribution in [0.1, 0.15) is 47.3 Å². The van der Waals surface area contributed by atoms with Gasteiger partial charge in [0.25, 0.3) is 11.5 Å². The van der Waals surface area contributed by atoms with Crippen molar-refractivity contribution in [2.75, 3.05) is 13.6 Å². The molecule has 2 N–H and O–H groups in total. The number of likely N-dealkylation sites (tertiary alicyclic amines) is 1. The van der Waals surface area contributed by atoms with Crippen LogP contribution in [0.15, 0.2) is 41.5 Å². The second kappa shape index (κ2) is 7.77.